The molecule has 142 valence electrons. The summed E-state index contributed by atoms with van der Waals surface area (Å²) in [5.41, 5.74) is 2.60. The zero-order valence-corrected chi connectivity index (χ0v) is 16.3. The highest BCUT2D eigenvalue weighted by Gasteiger charge is 2.36. The molecule has 1 heterocycles. The zero-order valence-electron chi connectivity index (χ0n) is 16.3. The fraction of sp³-hybridized carbons (Fsp3) is 0.364. The van der Waals surface area contributed by atoms with Crippen LogP contribution >= 0.6 is 0 Å². The van der Waals surface area contributed by atoms with Crippen LogP contribution in [0.5, 0.6) is 5.75 Å². The number of piperazine rings is 1. The molecule has 0 aromatic heterocycles. The summed E-state index contributed by atoms with van der Waals surface area (Å²) in [4.78, 5) is 29.3. The quantitative estimate of drug-likeness (QED) is 0.829. The molecule has 2 amide bonds. The molecule has 0 unspecified atom stereocenters. The first-order chi connectivity index (χ1) is 12.9. The molecule has 1 fully saturated rings. The van der Waals surface area contributed by atoms with E-state index in [1.807, 2.05) is 18.2 Å². The van der Waals surface area contributed by atoms with E-state index in [0.717, 1.165) is 5.69 Å². The van der Waals surface area contributed by atoms with Crippen LogP contribution in [0, 0.1) is 0 Å². The van der Waals surface area contributed by atoms with Crippen molar-refractivity contribution in [1.82, 2.24) is 4.90 Å². The summed E-state index contributed by atoms with van der Waals surface area (Å²) in [6.45, 7) is 7.03. The van der Waals surface area contributed by atoms with Crippen molar-refractivity contribution in [2.24, 2.45) is 0 Å². The van der Waals surface area contributed by atoms with Gasteiger partial charge in [0.15, 0.2) is 0 Å². The second-order valence-electron chi connectivity index (χ2n) is 7.11. The van der Waals surface area contributed by atoms with Crippen LogP contribution in [-0.2, 0) is 4.79 Å². The Morgan fingerprint density at radius 1 is 1.07 bits per heavy atom. The summed E-state index contributed by atoms with van der Waals surface area (Å²) >= 11 is 0. The molecule has 2 aromatic carbocycles. The lowest BCUT2D eigenvalue weighted by Gasteiger charge is -2.39. The van der Waals surface area contributed by atoms with E-state index in [-0.39, 0.29) is 11.8 Å². The first-order valence-electron chi connectivity index (χ1n) is 9.29. The molecule has 1 atom stereocenters. The highest BCUT2D eigenvalue weighted by molar-refractivity contribution is 6.04. The molecular weight excluding hydrogens is 340 g/mol. The van der Waals surface area contributed by atoms with Crippen molar-refractivity contribution in [1.29, 1.82) is 0 Å². The van der Waals surface area contributed by atoms with Gasteiger partial charge in [-0.15, -0.1) is 0 Å². The van der Waals surface area contributed by atoms with Gasteiger partial charge in [0.05, 0.1) is 12.7 Å². The number of methoxy groups -OCH3 is 1. The minimum atomic E-state index is -0.527. The summed E-state index contributed by atoms with van der Waals surface area (Å²) in [6, 6.07) is 14.7. The molecule has 0 aliphatic carbocycles. The SMILES string of the molecule is COc1ccccc1C(=O)N1CCN(c2ccc(C(C)C)cc2)C(=O)[C@H]1C. The lowest BCUT2D eigenvalue weighted by molar-refractivity contribution is -0.124. The van der Waals surface area contributed by atoms with Crippen LogP contribution in [0.1, 0.15) is 42.6 Å². The molecule has 0 radical (unpaired) electrons. The van der Waals surface area contributed by atoms with E-state index in [9.17, 15) is 9.59 Å². The molecular formula is C22H26N2O3. The average Bonchev–Trinajstić information content (AvgIpc) is 2.69. The third-order valence-electron chi connectivity index (χ3n) is 5.13. The van der Waals surface area contributed by atoms with E-state index in [4.69, 9.17) is 4.74 Å². The number of rotatable bonds is 4. The standard InChI is InChI=1S/C22H26N2O3/c1-15(2)17-9-11-18(12-10-17)24-14-13-23(16(3)21(24)25)22(26)19-7-5-6-8-20(19)27-4/h5-12,15-16H,13-14H2,1-4H3/t16-/m1/s1. The fourth-order valence-corrected chi connectivity index (χ4v) is 3.42. The number of carbonyl (C=O) groups is 2. The van der Waals surface area contributed by atoms with Crippen molar-refractivity contribution in [3.63, 3.8) is 0 Å². The third-order valence-corrected chi connectivity index (χ3v) is 5.13. The largest absolute Gasteiger partial charge is 0.496 e. The maximum absolute atomic E-state index is 13.0. The van der Waals surface area contributed by atoms with Crippen molar-refractivity contribution >= 4 is 17.5 Å². The van der Waals surface area contributed by atoms with E-state index in [2.05, 4.69) is 26.0 Å². The first kappa shape index (κ1) is 19.0. The number of para-hydroxylation sites is 1. The Morgan fingerprint density at radius 3 is 2.37 bits per heavy atom. The molecule has 27 heavy (non-hydrogen) atoms. The highest BCUT2D eigenvalue weighted by Crippen LogP contribution is 2.26. The molecule has 0 bridgehead atoms. The van der Waals surface area contributed by atoms with Crippen molar-refractivity contribution in [3.8, 4) is 5.75 Å². The summed E-state index contributed by atoms with van der Waals surface area (Å²) in [5, 5.41) is 0. The molecule has 1 aliphatic heterocycles. The summed E-state index contributed by atoms with van der Waals surface area (Å²) in [5.74, 6) is 0.725. The van der Waals surface area contributed by atoms with E-state index >= 15 is 0 Å². The smallest absolute Gasteiger partial charge is 0.258 e. The molecule has 0 saturated carbocycles. The number of nitrogens with zero attached hydrogens (tertiary/aromatic N) is 2. The molecule has 2 aromatic rings. The van der Waals surface area contributed by atoms with Crippen molar-refractivity contribution in [2.45, 2.75) is 32.7 Å². The third kappa shape index (κ3) is 3.68. The van der Waals surface area contributed by atoms with Crippen molar-refractivity contribution in [3.05, 3.63) is 59.7 Å². The average molecular weight is 366 g/mol. The molecule has 5 nitrogen and oxygen atoms in total. The number of benzene rings is 2. The van der Waals surface area contributed by atoms with Crippen LogP contribution in [0.4, 0.5) is 5.69 Å². The Balaban J connectivity index is 1.79. The highest BCUT2D eigenvalue weighted by atomic mass is 16.5. The van der Waals surface area contributed by atoms with Crippen LogP contribution in [0.2, 0.25) is 0 Å². The monoisotopic (exact) mass is 366 g/mol. The van der Waals surface area contributed by atoms with Crippen molar-refractivity contribution in [2.75, 3.05) is 25.1 Å². The van der Waals surface area contributed by atoms with Gasteiger partial charge in [-0.05, 0) is 42.7 Å². The number of carbonyl (C=O) groups excluding carboxylic acids is 2. The number of ether oxygens (including phenoxy) is 1. The minimum Gasteiger partial charge on any atom is -0.496 e. The van der Waals surface area contributed by atoms with Gasteiger partial charge in [0, 0.05) is 18.8 Å². The van der Waals surface area contributed by atoms with Gasteiger partial charge < -0.3 is 14.5 Å². The number of hydrogen-bond donors (Lipinski definition) is 0. The van der Waals surface area contributed by atoms with Gasteiger partial charge in [0.1, 0.15) is 11.8 Å². The topological polar surface area (TPSA) is 49.9 Å². The van der Waals surface area contributed by atoms with E-state index in [1.165, 1.54) is 5.56 Å². The van der Waals surface area contributed by atoms with Gasteiger partial charge in [-0.2, -0.15) is 0 Å². The first-order valence-corrected chi connectivity index (χ1v) is 9.29. The van der Waals surface area contributed by atoms with Gasteiger partial charge in [0.2, 0.25) is 5.91 Å². The number of anilines is 1. The zero-order chi connectivity index (χ0) is 19.6. The van der Waals surface area contributed by atoms with Crippen molar-refractivity contribution < 1.29 is 14.3 Å². The maximum Gasteiger partial charge on any atom is 0.258 e. The van der Waals surface area contributed by atoms with E-state index in [1.54, 1.807) is 42.0 Å². The minimum absolute atomic E-state index is 0.0678. The second kappa shape index (κ2) is 7.82. The summed E-state index contributed by atoms with van der Waals surface area (Å²) in [6.07, 6.45) is 0. The molecule has 3 rings (SSSR count). The molecule has 1 saturated heterocycles. The van der Waals surface area contributed by atoms with Crippen LogP contribution < -0.4 is 9.64 Å². The van der Waals surface area contributed by atoms with Crippen LogP contribution in [0.25, 0.3) is 0 Å². The van der Waals surface area contributed by atoms with Gasteiger partial charge in [0.25, 0.3) is 5.91 Å². The number of hydrogen-bond acceptors (Lipinski definition) is 3. The van der Waals surface area contributed by atoms with Crippen LogP contribution in [0.15, 0.2) is 48.5 Å². The predicted octanol–water partition coefficient (Wildman–Crippen LogP) is 3.70. The lowest BCUT2D eigenvalue weighted by atomic mass is 10.0. The van der Waals surface area contributed by atoms with Gasteiger partial charge in [-0.25, -0.2) is 0 Å². The predicted molar refractivity (Wildman–Crippen MR) is 106 cm³/mol. The number of amides is 2. The molecule has 1 aliphatic rings. The van der Waals surface area contributed by atoms with Gasteiger partial charge in [-0.3, -0.25) is 9.59 Å². The maximum atomic E-state index is 13.0. The van der Waals surface area contributed by atoms with Gasteiger partial charge >= 0.3 is 0 Å². The molecule has 0 spiro atoms. The molecule has 5 heteroatoms. The Labute approximate surface area is 160 Å². The Kier molecular flexibility index (Phi) is 5.49. The Bertz CT molecular complexity index is 830. The second-order valence-corrected chi connectivity index (χ2v) is 7.11. The summed E-state index contributed by atoms with van der Waals surface area (Å²) < 4.78 is 5.30. The Morgan fingerprint density at radius 2 is 1.74 bits per heavy atom. The normalized spacial score (nSPS) is 17.4. The lowest BCUT2D eigenvalue weighted by Crippen LogP contribution is -2.57. The van der Waals surface area contributed by atoms with Crippen LogP contribution in [0.3, 0.4) is 0 Å². The summed E-state index contributed by atoms with van der Waals surface area (Å²) in [7, 11) is 1.54. The van der Waals surface area contributed by atoms with E-state index in [0.29, 0.717) is 30.3 Å². The fourth-order valence-electron chi connectivity index (χ4n) is 3.42. The van der Waals surface area contributed by atoms with E-state index < -0.39 is 6.04 Å². The van der Waals surface area contributed by atoms with Crippen LogP contribution in [-0.4, -0.2) is 43.0 Å². The Hall–Kier alpha value is -2.82. The van der Waals surface area contributed by atoms with Gasteiger partial charge in [-0.1, -0.05) is 38.1 Å². The molecule has 0 N–H and O–H groups in total.